The summed E-state index contributed by atoms with van der Waals surface area (Å²) in [6, 6.07) is 10.1. The van der Waals surface area contributed by atoms with Gasteiger partial charge in [0.05, 0.1) is 10.5 Å². The van der Waals surface area contributed by atoms with E-state index in [2.05, 4.69) is 0 Å². The van der Waals surface area contributed by atoms with Crippen molar-refractivity contribution < 1.29 is 26.0 Å². The average Bonchev–Trinajstić information content (AvgIpc) is 2.75. The molecule has 0 radical (unpaired) electrons. The van der Waals surface area contributed by atoms with Gasteiger partial charge in [0.15, 0.2) is 9.84 Å². The SMILES string of the molecule is CN1C(=O)C(c2ccc(S(C)(=O)=O)cc2)=C(c2ccc(F)cc2)S1(=O)=O. The lowest BCUT2D eigenvalue weighted by Crippen LogP contribution is -2.26. The Morgan fingerprint density at radius 3 is 1.92 bits per heavy atom. The van der Waals surface area contributed by atoms with Crippen molar-refractivity contribution in [1.82, 2.24) is 4.31 Å². The molecule has 3 rings (SSSR count). The van der Waals surface area contributed by atoms with E-state index in [1.54, 1.807) is 0 Å². The van der Waals surface area contributed by atoms with Gasteiger partial charge in [0, 0.05) is 13.3 Å². The Morgan fingerprint density at radius 2 is 1.42 bits per heavy atom. The first-order chi connectivity index (χ1) is 12.0. The Labute approximate surface area is 150 Å². The number of hydrogen-bond acceptors (Lipinski definition) is 5. The van der Waals surface area contributed by atoms with Crippen LogP contribution in [-0.4, -0.2) is 40.4 Å². The van der Waals surface area contributed by atoms with Crippen LogP contribution >= 0.6 is 0 Å². The molecule has 0 spiro atoms. The van der Waals surface area contributed by atoms with Gasteiger partial charge in [0.25, 0.3) is 15.9 Å². The number of amides is 1. The van der Waals surface area contributed by atoms with E-state index < -0.39 is 31.6 Å². The minimum atomic E-state index is -4.09. The zero-order valence-corrected chi connectivity index (χ0v) is 15.4. The molecule has 0 unspecified atom stereocenters. The molecule has 2 aromatic carbocycles. The number of benzene rings is 2. The van der Waals surface area contributed by atoms with Gasteiger partial charge in [0.2, 0.25) is 0 Å². The number of rotatable bonds is 3. The van der Waals surface area contributed by atoms with Crippen LogP contribution in [0.1, 0.15) is 11.1 Å². The van der Waals surface area contributed by atoms with E-state index in [9.17, 15) is 26.0 Å². The first kappa shape index (κ1) is 18.3. The quantitative estimate of drug-likeness (QED) is 0.792. The maximum Gasteiger partial charge on any atom is 0.269 e. The molecular weight excluding hydrogens is 381 g/mol. The van der Waals surface area contributed by atoms with Crippen molar-refractivity contribution in [3.05, 3.63) is 65.5 Å². The summed E-state index contributed by atoms with van der Waals surface area (Å²) in [6.45, 7) is 0. The van der Waals surface area contributed by atoms with Gasteiger partial charge in [0.1, 0.15) is 10.7 Å². The Kier molecular flexibility index (Phi) is 4.24. The molecule has 0 atom stereocenters. The number of carbonyl (C=O) groups is 1. The van der Waals surface area contributed by atoms with Crippen LogP contribution in [0.4, 0.5) is 4.39 Å². The number of sulfone groups is 1. The monoisotopic (exact) mass is 395 g/mol. The van der Waals surface area contributed by atoms with Gasteiger partial charge in [-0.3, -0.25) is 4.79 Å². The van der Waals surface area contributed by atoms with Gasteiger partial charge >= 0.3 is 0 Å². The van der Waals surface area contributed by atoms with Crippen LogP contribution in [0.2, 0.25) is 0 Å². The molecule has 0 bridgehead atoms. The van der Waals surface area contributed by atoms with Crippen molar-refractivity contribution in [2.24, 2.45) is 0 Å². The number of nitrogens with zero attached hydrogens (tertiary/aromatic N) is 1. The fourth-order valence-electron chi connectivity index (χ4n) is 2.65. The van der Waals surface area contributed by atoms with Crippen molar-refractivity contribution in [3.8, 4) is 0 Å². The highest BCUT2D eigenvalue weighted by molar-refractivity contribution is 8.00. The molecule has 1 heterocycles. The fraction of sp³-hybridized carbons (Fsp3) is 0.118. The van der Waals surface area contributed by atoms with Gasteiger partial charge in [-0.2, -0.15) is 0 Å². The molecule has 136 valence electrons. The Hall–Kier alpha value is -2.52. The maximum absolute atomic E-state index is 13.2. The molecular formula is C17H14FNO5S2. The smallest absolute Gasteiger partial charge is 0.268 e. The molecule has 6 nitrogen and oxygen atoms in total. The standard InChI is InChI=1S/C17H14FNO5S2/c1-19-17(20)15(11-5-9-14(10-6-11)25(2,21)22)16(26(19,23)24)12-3-7-13(18)8-4-12/h3-10H,1-2H3. The summed E-state index contributed by atoms with van der Waals surface area (Å²) in [6.07, 6.45) is 1.05. The average molecular weight is 395 g/mol. The zero-order valence-electron chi connectivity index (χ0n) is 13.8. The lowest BCUT2D eigenvalue weighted by atomic mass is 10.0. The normalized spacial score (nSPS) is 17.0. The van der Waals surface area contributed by atoms with Crippen LogP contribution < -0.4 is 0 Å². The minimum Gasteiger partial charge on any atom is -0.268 e. The number of carbonyl (C=O) groups excluding carboxylic acids is 1. The molecule has 0 saturated carbocycles. The minimum absolute atomic E-state index is 0.0480. The van der Waals surface area contributed by atoms with Crippen molar-refractivity contribution in [2.45, 2.75) is 4.90 Å². The highest BCUT2D eigenvalue weighted by atomic mass is 32.2. The second-order valence-electron chi connectivity index (χ2n) is 5.79. The van der Waals surface area contributed by atoms with Crippen LogP contribution in [-0.2, 0) is 24.7 Å². The molecule has 0 aliphatic carbocycles. The predicted octanol–water partition coefficient (Wildman–Crippen LogP) is 1.90. The molecule has 1 amide bonds. The van der Waals surface area contributed by atoms with Crippen LogP contribution in [0.15, 0.2) is 53.4 Å². The summed E-state index contributed by atoms with van der Waals surface area (Å²) in [4.78, 5) is 12.4. The van der Waals surface area contributed by atoms with Crippen molar-refractivity contribution in [3.63, 3.8) is 0 Å². The van der Waals surface area contributed by atoms with Crippen LogP contribution in [0.3, 0.4) is 0 Å². The van der Waals surface area contributed by atoms with Gasteiger partial charge in [-0.15, -0.1) is 0 Å². The summed E-state index contributed by atoms with van der Waals surface area (Å²) in [5.74, 6) is -1.28. The molecule has 9 heteroatoms. The molecule has 1 aliphatic rings. The second kappa shape index (κ2) is 6.03. The van der Waals surface area contributed by atoms with Crippen LogP contribution in [0.25, 0.3) is 10.5 Å². The first-order valence-electron chi connectivity index (χ1n) is 7.37. The van der Waals surface area contributed by atoms with E-state index in [4.69, 9.17) is 0 Å². The molecule has 0 N–H and O–H groups in total. The zero-order chi connectivity index (χ0) is 19.3. The molecule has 1 aliphatic heterocycles. The first-order valence-corrected chi connectivity index (χ1v) is 10.7. The fourth-order valence-corrected chi connectivity index (χ4v) is 4.76. The van der Waals surface area contributed by atoms with Gasteiger partial charge in [-0.1, -0.05) is 24.3 Å². The van der Waals surface area contributed by atoms with Crippen molar-refractivity contribution in [2.75, 3.05) is 13.3 Å². The van der Waals surface area contributed by atoms with Gasteiger partial charge in [-0.25, -0.2) is 25.5 Å². The third kappa shape index (κ3) is 2.93. The van der Waals surface area contributed by atoms with Gasteiger partial charge in [-0.05, 0) is 35.4 Å². The third-order valence-corrected chi connectivity index (χ3v) is 6.99. The molecule has 2 aromatic rings. The summed E-state index contributed by atoms with van der Waals surface area (Å²) in [5.41, 5.74) is 0.347. The van der Waals surface area contributed by atoms with Crippen molar-refractivity contribution in [1.29, 1.82) is 0 Å². The predicted molar refractivity (Wildman–Crippen MR) is 94.5 cm³/mol. The third-order valence-electron chi connectivity index (χ3n) is 4.02. The summed E-state index contributed by atoms with van der Waals surface area (Å²) >= 11 is 0. The molecule has 0 aromatic heterocycles. The van der Waals surface area contributed by atoms with Crippen molar-refractivity contribution >= 4 is 36.2 Å². The number of likely N-dealkylation sites (N-methyl/N-ethyl adjacent to an activating group) is 1. The summed E-state index contributed by atoms with van der Waals surface area (Å²) in [7, 11) is -6.39. The topological polar surface area (TPSA) is 88.6 Å². The summed E-state index contributed by atoms with van der Waals surface area (Å²) in [5, 5.41) is 0. The van der Waals surface area contributed by atoms with Gasteiger partial charge < -0.3 is 0 Å². The molecule has 0 saturated heterocycles. The van der Waals surface area contributed by atoms with E-state index in [1.807, 2.05) is 0 Å². The number of halogens is 1. The summed E-state index contributed by atoms with van der Waals surface area (Å²) < 4.78 is 62.3. The van der Waals surface area contributed by atoms with Crippen LogP contribution in [0.5, 0.6) is 0 Å². The van der Waals surface area contributed by atoms with E-state index in [-0.39, 0.29) is 26.5 Å². The lowest BCUT2D eigenvalue weighted by Gasteiger charge is -2.09. The molecule has 26 heavy (non-hydrogen) atoms. The number of hydrogen-bond donors (Lipinski definition) is 0. The van der Waals surface area contributed by atoms with E-state index in [1.165, 1.54) is 36.4 Å². The highest BCUT2D eigenvalue weighted by Crippen LogP contribution is 2.39. The van der Waals surface area contributed by atoms with Crippen LogP contribution in [0, 0.1) is 5.82 Å². The Bertz CT molecular complexity index is 1130. The molecule has 0 fully saturated rings. The Balaban J connectivity index is 2.27. The van der Waals surface area contributed by atoms with E-state index >= 15 is 0 Å². The maximum atomic E-state index is 13.2. The second-order valence-corrected chi connectivity index (χ2v) is 9.71. The number of sulfonamides is 1. The van der Waals surface area contributed by atoms with E-state index in [0.717, 1.165) is 25.4 Å². The Morgan fingerprint density at radius 1 is 0.923 bits per heavy atom. The lowest BCUT2D eigenvalue weighted by molar-refractivity contribution is -0.119. The largest absolute Gasteiger partial charge is 0.269 e. The highest BCUT2D eigenvalue weighted by Gasteiger charge is 2.42. The van der Waals surface area contributed by atoms with E-state index in [0.29, 0.717) is 4.31 Å².